The SMILES string of the molecule is Cc1ccc(-c2cc(F)c(Br)c(F)c2)cc1. The third-order valence-electron chi connectivity index (χ3n) is 2.37. The maximum Gasteiger partial charge on any atom is 0.140 e. The zero-order valence-corrected chi connectivity index (χ0v) is 10.2. The van der Waals surface area contributed by atoms with Gasteiger partial charge in [-0.25, -0.2) is 8.78 Å². The lowest BCUT2D eigenvalue weighted by molar-refractivity contribution is 0.573. The Morgan fingerprint density at radius 1 is 0.875 bits per heavy atom. The second-order valence-corrected chi connectivity index (χ2v) is 4.41. The quantitative estimate of drug-likeness (QED) is 0.665. The topological polar surface area (TPSA) is 0 Å². The molecule has 0 radical (unpaired) electrons. The molecule has 2 aromatic rings. The van der Waals surface area contributed by atoms with Crippen LogP contribution in [0.2, 0.25) is 0 Å². The highest BCUT2D eigenvalue weighted by molar-refractivity contribution is 9.10. The van der Waals surface area contributed by atoms with Crippen LogP contribution in [-0.4, -0.2) is 0 Å². The summed E-state index contributed by atoms with van der Waals surface area (Å²) in [7, 11) is 0. The van der Waals surface area contributed by atoms with Gasteiger partial charge < -0.3 is 0 Å². The van der Waals surface area contributed by atoms with E-state index >= 15 is 0 Å². The van der Waals surface area contributed by atoms with Gasteiger partial charge in [0.05, 0.1) is 4.47 Å². The van der Waals surface area contributed by atoms with Crippen LogP contribution in [0.25, 0.3) is 11.1 Å². The molecule has 0 spiro atoms. The fourth-order valence-corrected chi connectivity index (χ4v) is 1.70. The van der Waals surface area contributed by atoms with Crippen LogP contribution >= 0.6 is 15.9 Å². The highest BCUT2D eigenvalue weighted by Crippen LogP contribution is 2.27. The minimum atomic E-state index is -0.587. The lowest BCUT2D eigenvalue weighted by Crippen LogP contribution is -1.87. The van der Waals surface area contributed by atoms with E-state index in [2.05, 4.69) is 15.9 Å². The Morgan fingerprint density at radius 3 is 1.88 bits per heavy atom. The van der Waals surface area contributed by atoms with Crippen molar-refractivity contribution in [2.24, 2.45) is 0 Å². The van der Waals surface area contributed by atoms with Crippen LogP contribution in [0.4, 0.5) is 8.78 Å². The van der Waals surface area contributed by atoms with Gasteiger partial charge in [0, 0.05) is 0 Å². The van der Waals surface area contributed by atoms with Gasteiger partial charge in [0.15, 0.2) is 0 Å². The average molecular weight is 283 g/mol. The monoisotopic (exact) mass is 282 g/mol. The third-order valence-corrected chi connectivity index (χ3v) is 3.13. The number of hydrogen-bond acceptors (Lipinski definition) is 0. The smallest absolute Gasteiger partial charge is 0.140 e. The maximum atomic E-state index is 13.3. The normalized spacial score (nSPS) is 10.5. The molecular weight excluding hydrogens is 274 g/mol. The van der Waals surface area contributed by atoms with Crippen molar-refractivity contribution in [3.05, 3.63) is 58.1 Å². The summed E-state index contributed by atoms with van der Waals surface area (Å²) in [5, 5.41) is 0. The predicted molar refractivity (Wildman–Crippen MR) is 64.2 cm³/mol. The second-order valence-electron chi connectivity index (χ2n) is 3.62. The molecule has 0 saturated carbocycles. The molecule has 2 aromatic carbocycles. The van der Waals surface area contributed by atoms with Crippen molar-refractivity contribution < 1.29 is 8.78 Å². The fourth-order valence-electron chi connectivity index (χ4n) is 1.47. The molecule has 0 atom stereocenters. The summed E-state index contributed by atoms with van der Waals surface area (Å²) >= 11 is 2.85. The molecule has 3 heteroatoms. The van der Waals surface area contributed by atoms with E-state index < -0.39 is 11.6 Å². The third kappa shape index (κ3) is 2.14. The van der Waals surface area contributed by atoms with Crippen LogP contribution < -0.4 is 0 Å². The van der Waals surface area contributed by atoms with E-state index in [1.165, 1.54) is 12.1 Å². The zero-order chi connectivity index (χ0) is 11.7. The summed E-state index contributed by atoms with van der Waals surface area (Å²) in [6.07, 6.45) is 0. The molecular formula is C13H9BrF2. The van der Waals surface area contributed by atoms with Crippen LogP contribution in [0.3, 0.4) is 0 Å². The number of rotatable bonds is 1. The summed E-state index contributed by atoms with van der Waals surface area (Å²) in [4.78, 5) is 0. The molecule has 0 aliphatic rings. The van der Waals surface area contributed by atoms with Crippen molar-refractivity contribution in [3.63, 3.8) is 0 Å². The van der Waals surface area contributed by atoms with Crippen LogP contribution in [0.5, 0.6) is 0 Å². The van der Waals surface area contributed by atoms with Gasteiger partial charge in [-0.15, -0.1) is 0 Å². The maximum absolute atomic E-state index is 13.3. The summed E-state index contributed by atoms with van der Waals surface area (Å²) in [6.45, 7) is 1.96. The zero-order valence-electron chi connectivity index (χ0n) is 8.60. The van der Waals surface area contributed by atoms with E-state index in [0.29, 0.717) is 5.56 Å². The molecule has 0 fully saturated rings. The largest absolute Gasteiger partial charge is 0.206 e. The Kier molecular flexibility index (Phi) is 3.06. The predicted octanol–water partition coefficient (Wildman–Crippen LogP) is 4.70. The summed E-state index contributed by atoms with van der Waals surface area (Å²) in [5.74, 6) is -1.17. The Hall–Kier alpha value is -1.22. The van der Waals surface area contributed by atoms with Gasteiger partial charge in [0.1, 0.15) is 11.6 Å². The fraction of sp³-hybridized carbons (Fsp3) is 0.0769. The van der Waals surface area contributed by atoms with Crippen LogP contribution in [0, 0.1) is 18.6 Å². The molecule has 0 amide bonds. The Morgan fingerprint density at radius 2 is 1.38 bits per heavy atom. The lowest BCUT2D eigenvalue weighted by Gasteiger charge is -2.04. The van der Waals surface area contributed by atoms with Gasteiger partial charge in [0.25, 0.3) is 0 Å². The molecule has 0 N–H and O–H groups in total. The summed E-state index contributed by atoms with van der Waals surface area (Å²) in [5.41, 5.74) is 2.45. The van der Waals surface area contributed by atoms with Crippen molar-refractivity contribution in [1.29, 1.82) is 0 Å². The Bertz CT molecular complexity index is 495. The molecule has 0 nitrogen and oxygen atoms in total. The van der Waals surface area contributed by atoms with Crippen molar-refractivity contribution in [2.45, 2.75) is 6.92 Å². The molecule has 2 rings (SSSR count). The van der Waals surface area contributed by atoms with Gasteiger partial charge >= 0.3 is 0 Å². The molecule has 0 saturated heterocycles. The van der Waals surface area contributed by atoms with E-state index in [0.717, 1.165) is 11.1 Å². The standard InChI is InChI=1S/C13H9BrF2/c1-8-2-4-9(5-3-8)10-6-11(15)13(14)12(16)7-10/h2-7H,1H3. The van der Waals surface area contributed by atoms with Crippen molar-refractivity contribution in [2.75, 3.05) is 0 Å². The number of hydrogen-bond donors (Lipinski definition) is 0. The molecule has 0 unspecified atom stereocenters. The highest BCUT2D eigenvalue weighted by atomic mass is 79.9. The van der Waals surface area contributed by atoms with Crippen molar-refractivity contribution >= 4 is 15.9 Å². The van der Waals surface area contributed by atoms with E-state index in [9.17, 15) is 8.78 Å². The number of benzene rings is 2. The first-order valence-electron chi connectivity index (χ1n) is 4.79. The van der Waals surface area contributed by atoms with Crippen molar-refractivity contribution in [1.82, 2.24) is 0 Å². The molecule has 82 valence electrons. The molecule has 0 aliphatic heterocycles. The molecule has 16 heavy (non-hydrogen) atoms. The summed E-state index contributed by atoms with van der Waals surface area (Å²) in [6, 6.07) is 10.1. The van der Waals surface area contributed by atoms with Gasteiger partial charge in [-0.3, -0.25) is 0 Å². The molecule has 0 aromatic heterocycles. The van der Waals surface area contributed by atoms with Gasteiger partial charge in [-0.05, 0) is 46.1 Å². The van der Waals surface area contributed by atoms with E-state index in [1.807, 2.05) is 31.2 Å². The first-order chi connectivity index (χ1) is 7.58. The van der Waals surface area contributed by atoms with E-state index in [4.69, 9.17) is 0 Å². The summed E-state index contributed by atoms with van der Waals surface area (Å²) < 4.78 is 26.5. The average Bonchev–Trinajstić information content (AvgIpc) is 2.26. The first-order valence-corrected chi connectivity index (χ1v) is 5.59. The van der Waals surface area contributed by atoms with Crippen LogP contribution in [0.1, 0.15) is 5.56 Å². The highest BCUT2D eigenvalue weighted by Gasteiger charge is 2.09. The Balaban J connectivity index is 2.52. The number of aryl methyl sites for hydroxylation is 1. The van der Waals surface area contributed by atoms with Crippen molar-refractivity contribution in [3.8, 4) is 11.1 Å². The van der Waals surface area contributed by atoms with Crippen LogP contribution in [-0.2, 0) is 0 Å². The number of halogens is 3. The molecule has 0 aliphatic carbocycles. The van der Waals surface area contributed by atoms with Gasteiger partial charge in [0.2, 0.25) is 0 Å². The van der Waals surface area contributed by atoms with E-state index in [-0.39, 0.29) is 4.47 Å². The first kappa shape index (κ1) is 11.3. The van der Waals surface area contributed by atoms with Crippen LogP contribution in [0.15, 0.2) is 40.9 Å². The van der Waals surface area contributed by atoms with E-state index in [1.54, 1.807) is 0 Å². The minimum absolute atomic E-state index is 0.122. The lowest BCUT2D eigenvalue weighted by atomic mass is 10.0. The van der Waals surface area contributed by atoms with Gasteiger partial charge in [-0.1, -0.05) is 29.8 Å². The van der Waals surface area contributed by atoms with Gasteiger partial charge in [-0.2, -0.15) is 0 Å². The molecule has 0 bridgehead atoms. The minimum Gasteiger partial charge on any atom is -0.206 e. The second kappa shape index (κ2) is 4.34. The Labute approximate surface area is 101 Å². The molecule has 0 heterocycles.